The molecule has 3 aromatic rings. The van der Waals surface area contributed by atoms with Crippen LogP contribution in [0.3, 0.4) is 0 Å². The van der Waals surface area contributed by atoms with Crippen molar-refractivity contribution in [2.75, 3.05) is 17.3 Å². The van der Waals surface area contributed by atoms with Crippen molar-refractivity contribution in [1.29, 1.82) is 0 Å². The molecule has 1 aliphatic rings. The van der Waals surface area contributed by atoms with E-state index < -0.39 is 6.10 Å². The third-order valence-corrected chi connectivity index (χ3v) is 5.35. The highest BCUT2D eigenvalue weighted by molar-refractivity contribution is 6.06. The van der Waals surface area contributed by atoms with Crippen molar-refractivity contribution in [2.24, 2.45) is 0 Å². The summed E-state index contributed by atoms with van der Waals surface area (Å²) in [5.41, 5.74) is 3.86. The molecule has 3 aromatic carbocycles. The lowest BCUT2D eigenvalue weighted by molar-refractivity contribution is -0.125. The molecule has 0 aliphatic carbocycles. The van der Waals surface area contributed by atoms with Crippen LogP contribution in [0, 0.1) is 6.92 Å². The van der Waals surface area contributed by atoms with E-state index in [0.29, 0.717) is 35.0 Å². The molecule has 0 saturated heterocycles. The summed E-state index contributed by atoms with van der Waals surface area (Å²) in [6, 6.07) is 20.2. The van der Waals surface area contributed by atoms with Gasteiger partial charge in [-0.05, 0) is 61.4 Å². The number of amides is 2. The molecule has 6 heteroatoms. The van der Waals surface area contributed by atoms with Gasteiger partial charge in [-0.15, -0.1) is 0 Å². The highest BCUT2D eigenvalue weighted by Crippen LogP contribution is 2.37. The Balaban J connectivity index is 1.63. The first-order chi connectivity index (χ1) is 15.0. The van der Waals surface area contributed by atoms with Gasteiger partial charge in [0.05, 0.1) is 19.3 Å². The number of nitrogens with one attached hydrogen (secondary N) is 1. The number of carbonyl (C=O) groups excluding carboxylic acids is 2. The SMILES string of the molecule is COc1cccc(C(=O)Nc2ccc3c(c2)N(Cc2ccccc2C)C(=O)C(C)O3)c1. The van der Waals surface area contributed by atoms with E-state index in [0.717, 1.165) is 11.1 Å². The number of anilines is 2. The average Bonchev–Trinajstić information content (AvgIpc) is 2.78. The molecular formula is C25H24N2O4. The Kier molecular flexibility index (Phi) is 5.62. The number of hydrogen-bond acceptors (Lipinski definition) is 4. The van der Waals surface area contributed by atoms with Crippen molar-refractivity contribution < 1.29 is 19.1 Å². The quantitative estimate of drug-likeness (QED) is 0.662. The molecule has 2 amide bonds. The second-order valence-corrected chi connectivity index (χ2v) is 7.48. The normalized spacial score (nSPS) is 15.1. The van der Waals surface area contributed by atoms with Crippen LogP contribution in [0.15, 0.2) is 66.7 Å². The van der Waals surface area contributed by atoms with Crippen molar-refractivity contribution in [3.63, 3.8) is 0 Å². The zero-order chi connectivity index (χ0) is 22.0. The summed E-state index contributed by atoms with van der Waals surface area (Å²) in [5.74, 6) is 0.836. The number of fused-ring (bicyclic) bond motifs is 1. The lowest BCUT2D eigenvalue weighted by Crippen LogP contribution is -2.44. The summed E-state index contributed by atoms with van der Waals surface area (Å²) in [4.78, 5) is 27.3. The molecule has 0 bridgehead atoms. The maximum atomic E-state index is 12.9. The van der Waals surface area contributed by atoms with Gasteiger partial charge in [-0.2, -0.15) is 0 Å². The number of ether oxygens (including phenoxy) is 2. The van der Waals surface area contributed by atoms with Gasteiger partial charge in [0.2, 0.25) is 0 Å². The molecule has 6 nitrogen and oxygen atoms in total. The van der Waals surface area contributed by atoms with Crippen LogP contribution in [0.25, 0.3) is 0 Å². The van der Waals surface area contributed by atoms with E-state index in [1.165, 1.54) is 0 Å². The van der Waals surface area contributed by atoms with E-state index in [2.05, 4.69) is 5.32 Å². The first-order valence-corrected chi connectivity index (χ1v) is 10.1. The summed E-state index contributed by atoms with van der Waals surface area (Å²) >= 11 is 0. The minimum Gasteiger partial charge on any atom is -0.497 e. The molecule has 0 spiro atoms. The molecule has 1 unspecified atom stereocenters. The fraction of sp³-hybridized carbons (Fsp3) is 0.200. The molecule has 0 aromatic heterocycles. The summed E-state index contributed by atoms with van der Waals surface area (Å²) < 4.78 is 11.0. The Morgan fingerprint density at radius 2 is 1.90 bits per heavy atom. The van der Waals surface area contributed by atoms with Gasteiger partial charge in [0.1, 0.15) is 11.5 Å². The van der Waals surface area contributed by atoms with Crippen LogP contribution in [0.4, 0.5) is 11.4 Å². The predicted molar refractivity (Wildman–Crippen MR) is 120 cm³/mol. The minimum atomic E-state index is -0.575. The van der Waals surface area contributed by atoms with Crippen LogP contribution < -0.4 is 19.7 Å². The van der Waals surface area contributed by atoms with E-state index in [1.807, 2.05) is 31.2 Å². The average molecular weight is 416 g/mol. The van der Waals surface area contributed by atoms with Crippen molar-refractivity contribution >= 4 is 23.2 Å². The van der Waals surface area contributed by atoms with Crippen LogP contribution in [-0.4, -0.2) is 25.0 Å². The lowest BCUT2D eigenvalue weighted by atomic mass is 10.1. The highest BCUT2D eigenvalue weighted by atomic mass is 16.5. The molecule has 1 aliphatic heterocycles. The molecule has 158 valence electrons. The summed E-state index contributed by atoms with van der Waals surface area (Å²) in [7, 11) is 1.56. The molecule has 4 rings (SSSR count). The maximum absolute atomic E-state index is 12.9. The van der Waals surface area contributed by atoms with Gasteiger partial charge >= 0.3 is 0 Å². The van der Waals surface area contributed by atoms with Crippen molar-refractivity contribution in [1.82, 2.24) is 0 Å². The zero-order valence-corrected chi connectivity index (χ0v) is 17.7. The van der Waals surface area contributed by atoms with Crippen LogP contribution in [0.5, 0.6) is 11.5 Å². The van der Waals surface area contributed by atoms with Crippen LogP contribution in [-0.2, 0) is 11.3 Å². The molecule has 0 saturated carbocycles. The number of hydrogen-bond donors (Lipinski definition) is 1. The van der Waals surface area contributed by atoms with Gasteiger partial charge < -0.3 is 19.7 Å². The molecule has 0 radical (unpaired) electrons. The second kappa shape index (κ2) is 8.52. The molecule has 1 heterocycles. The largest absolute Gasteiger partial charge is 0.497 e. The van der Waals surface area contributed by atoms with Gasteiger partial charge in [0.15, 0.2) is 6.10 Å². The fourth-order valence-electron chi connectivity index (χ4n) is 3.57. The Morgan fingerprint density at radius 1 is 1.10 bits per heavy atom. The summed E-state index contributed by atoms with van der Waals surface area (Å²) in [5, 5.41) is 2.89. The highest BCUT2D eigenvalue weighted by Gasteiger charge is 2.32. The monoisotopic (exact) mass is 416 g/mol. The standard InChI is InChI=1S/C25H24N2O4/c1-16-7-4-5-8-19(16)15-27-22-14-20(11-12-23(22)31-17(2)25(27)29)26-24(28)18-9-6-10-21(13-18)30-3/h4-14,17H,15H2,1-3H3,(H,26,28). The van der Waals surface area contributed by atoms with E-state index in [-0.39, 0.29) is 11.8 Å². The number of carbonyl (C=O) groups is 2. The van der Waals surface area contributed by atoms with Crippen molar-refractivity contribution in [2.45, 2.75) is 26.5 Å². The predicted octanol–water partition coefficient (Wildman–Crippen LogP) is 4.57. The lowest BCUT2D eigenvalue weighted by Gasteiger charge is -2.33. The molecule has 1 N–H and O–H groups in total. The number of rotatable bonds is 5. The first-order valence-electron chi connectivity index (χ1n) is 10.1. The number of aryl methyl sites for hydroxylation is 1. The smallest absolute Gasteiger partial charge is 0.268 e. The van der Waals surface area contributed by atoms with Gasteiger partial charge in [-0.25, -0.2) is 0 Å². The third kappa shape index (κ3) is 4.23. The molecular weight excluding hydrogens is 392 g/mol. The zero-order valence-electron chi connectivity index (χ0n) is 17.7. The van der Waals surface area contributed by atoms with E-state index >= 15 is 0 Å². The minimum absolute atomic E-state index is 0.118. The molecule has 31 heavy (non-hydrogen) atoms. The van der Waals surface area contributed by atoms with Gasteiger partial charge in [-0.3, -0.25) is 9.59 Å². The third-order valence-electron chi connectivity index (χ3n) is 5.35. The van der Waals surface area contributed by atoms with Crippen LogP contribution in [0.1, 0.15) is 28.4 Å². The van der Waals surface area contributed by atoms with E-state index in [4.69, 9.17) is 9.47 Å². The van der Waals surface area contributed by atoms with Gasteiger partial charge in [-0.1, -0.05) is 30.3 Å². The second-order valence-electron chi connectivity index (χ2n) is 7.48. The molecule has 1 atom stereocenters. The molecule has 0 fully saturated rings. The summed E-state index contributed by atoms with van der Waals surface area (Å²) in [6.45, 7) is 4.20. The maximum Gasteiger partial charge on any atom is 0.268 e. The van der Waals surface area contributed by atoms with Crippen molar-refractivity contribution in [3.8, 4) is 11.5 Å². The number of methoxy groups -OCH3 is 1. The Bertz CT molecular complexity index is 1140. The van der Waals surface area contributed by atoms with E-state index in [1.54, 1.807) is 61.4 Å². The van der Waals surface area contributed by atoms with Crippen LogP contribution in [0.2, 0.25) is 0 Å². The Hall–Kier alpha value is -3.80. The number of nitrogens with zero attached hydrogens (tertiary/aromatic N) is 1. The van der Waals surface area contributed by atoms with Crippen molar-refractivity contribution in [3.05, 3.63) is 83.4 Å². The van der Waals surface area contributed by atoms with Gasteiger partial charge in [0, 0.05) is 11.3 Å². The van der Waals surface area contributed by atoms with Crippen LogP contribution >= 0.6 is 0 Å². The fourth-order valence-corrected chi connectivity index (χ4v) is 3.57. The first kappa shape index (κ1) is 20.5. The summed E-state index contributed by atoms with van der Waals surface area (Å²) in [6.07, 6.45) is -0.575. The number of benzene rings is 3. The Morgan fingerprint density at radius 3 is 2.68 bits per heavy atom. The topological polar surface area (TPSA) is 67.9 Å². The van der Waals surface area contributed by atoms with Gasteiger partial charge in [0.25, 0.3) is 11.8 Å². The Labute approximate surface area is 181 Å². The van der Waals surface area contributed by atoms with E-state index in [9.17, 15) is 9.59 Å².